The number of ether oxygens (including phenoxy) is 1. The lowest BCUT2D eigenvalue weighted by atomic mass is 10.1. The molecule has 0 fully saturated rings. The van der Waals surface area contributed by atoms with E-state index in [9.17, 15) is 13.2 Å². The first-order chi connectivity index (χ1) is 7.68. The molecule has 0 aromatic carbocycles. The van der Waals surface area contributed by atoms with Gasteiger partial charge in [0.25, 0.3) is 0 Å². The highest BCUT2D eigenvalue weighted by Gasteiger charge is 2.23. The lowest BCUT2D eigenvalue weighted by Crippen LogP contribution is -2.44. The number of hydrogen-bond donors (Lipinski definition) is 1. The third-order valence-electron chi connectivity index (χ3n) is 2.32. The van der Waals surface area contributed by atoms with Gasteiger partial charge in [-0.2, -0.15) is 0 Å². The normalized spacial score (nSPS) is 13.8. The summed E-state index contributed by atoms with van der Waals surface area (Å²) in [5.74, 6) is 0.0712. The fourth-order valence-corrected chi connectivity index (χ4v) is 2.44. The van der Waals surface area contributed by atoms with Gasteiger partial charge >= 0.3 is 6.09 Å². The summed E-state index contributed by atoms with van der Waals surface area (Å²) in [6, 6.07) is -0.411. The van der Waals surface area contributed by atoms with Crippen LogP contribution < -0.4 is 5.32 Å². The summed E-state index contributed by atoms with van der Waals surface area (Å²) in [5, 5.41) is 2.60. The van der Waals surface area contributed by atoms with Crippen molar-refractivity contribution in [2.24, 2.45) is 5.92 Å². The summed E-state index contributed by atoms with van der Waals surface area (Å²) in [5.41, 5.74) is 0. The Labute approximate surface area is 104 Å². The molecule has 1 atom stereocenters. The summed E-state index contributed by atoms with van der Waals surface area (Å²) >= 11 is 0. The topological polar surface area (TPSA) is 72.5 Å². The van der Waals surface area contributed by atoms with Crippen molar-refractivity contribution in [2.75, 3.05) is 11.5 Å². The third kappa shape index (κ3) is 7.20. The Hall–Kier alpha value is -0.780. The average molecular weight is 265 g/mol. The summed E-state index contributed by atoms with van der Waals surface area (Å²) in [4.78, 5) is 11.4. The van der Waals surface area contributed by atoms with Crippen LogP contribution in [0.1, 0.15) is 34.6 Å². The van der Waals surface area contributed by atoms with Crippen molar-refractivity contribution in [3.8, 4) is 0 Å². The molecule has 17 heavy (non-hydrogen) atoms. The second-order valence-corrected chi connectivity index (χ2v) is 7.05. The summed E-state index contributed by atoms with van der Waals surface area (Å²) in [6.45, 7) is 8.82. The Bertz CT molecular complexity index is 335. The highest BCUT2D eigenvalue weighted by atomic mass is 32.2. The highest BCUT2D eigenvalue weighted by Crippen LogP contribution is 2.06. The van der Waals surface area contributed by atoms with Crippen LogP contribution >= 0.6 is 0 Å². The molecular formula is C11H23NO4S. The molecule has 0 unspecified atom stereocenters. The first-order valence-corrected chi connectivity index (χ1v) is 7.67. The summed E-state index contributed by atoms with van der Waals surface area (Å²) < 4.78 is 28.0. The number of alkyl carbamates (subject to hydrolysis) is 1. The van der Waals surface area contributed by atoms with Gasteiger partial charge in [-0.3, -0.25) is 0 Å². The smallest absolute Gasteiger partial charge is 0.407 e. The van der Waals surface area contributed by atoms with Crippen LogP contribution in [0.15, 0.2) is 0 Å². The Morgan fingerprint density at radius 1 is 1.24 bits per heavy atom. The molecule has 0 radical (unpaired) electrons. The minimum absolute atomic E-state index is 0.0380. The van der Waals surface area contributed by atoms with Crippen LogP contribution in [0.3, 0.4) is 0 Å². The molecule has 0 aliphatic rings. The Kier molecular flexibility index (Phi) is 6.52. The number of amides is 1. The van der Waals surface area contributed by atoms with E-state index in [0.29, 0.717) is 0 Å². The first kappa shape index (κ1) is 16.2. The Morgan fingerprint density at radius 2 is 1.76 bits per heavy atom. The molecule has 6 heteroatoms. The molecule has 0 aliphatic carbocycles. The number of sulfone groups is 1. The van der Waals surface area contributed by atoms with Gasteiger partial charge in [0.15, 0.2) is 9.84 Å². The van der Waals surface area contributed by atoms with Gasteiger partial charge in [0, 0.05) is 11.8 Å². The second-order valence-electron chi connectivity index (χ2n) is 4.65. The molecular weight excluding hydrogens is 242 g/mol. The van der Waals surface area contributed by atoms with Gasteiger partial charge in [0.1, 0.15) is 0 Å². The fourth-order valence-electron chi connectivity index (χ4n) is 1.19. The van der Waals surface area contributed by atoms with E-state index in [4.69, 9.17) is 4.74 Å². The number of nitrogens with one attached hydrogen (secondary N) is 1. The van der Waals surface area contributed by atoms with Gasteiger partial charge in [0.2, 0.25) is 0 Å². The molecule has 0 heterocycles. The quantitative estimate of drug-likeness (QED) is 0.791. The van der Waals surface area contributed by atoms with Gasteiger partial charge in [-0.05, 0) is 19.8 Å². The average Bonchev–Trinajstić information content (AvgIpc) is 2.15. The molecule has 0 aromatic rings. The molecule has 0 spiro atoms. The maximum absolute atomic E-state index is 11.5. The summed E-state index contributed by atoms with van der Waals surface area (Å²) in [7, 11) is -3.11. The van der Waals surface area contributed by atoms with E-state index in [1.54, 1.807) is 20.8 Å². The highest BCUT2D eigenvalue weighted by molar-refractivity contribution is 7.91. The number of carbonyl (C=O) groups is 1. The van der Waals surface area contributed by atoms with E-state index in [2.05, 4.69) is 5.32 Å². The molecule has 0 saturated carbocycles. The van der Waals surface area contributed by atoms with Crippen LogP contribution in [0.2, 0.25) is 0 Å². The van der Waals surface area contributed by atoms with Crippen LogP contribution in [0.5, 0.6) is 0 Å². The van der Waals surface area contributed by atoms with E-state index >= 15 is 0 Å². The van der Waals surface area contributed by atoms with E-state index < -0.39 is 22.0 Å². The van der Waals surface area contributed by atoms with E-state index in [0.717, 1.165) is 0 Å². The van der Waals surface area contributed by atoms with Crippen molar-refractivity contribution in [1.29, 1.82) is 0 Å². The van der Waals surface area contributed by atoms with Gasteiger partial charge in [-0.25, -0.2) is 13.2 Å². The van der Waals surface area contributed by atoms with Crippen molar-refractivity contribution in [3.63, 3.8) is 0 Å². The molecule has 0 aliphatic heterocycles. The lowest BCUT2D eigenvalue weighted by Gasteiger charge is -2.22. The van der Waals surface area contributed by atoms with E-state index in [-0.39, 0.29) is 23.5 Å². The zero-order valence-electron chi connectivity index (χ0n) is 11.2. The number of carbonyl (C=O) groups excluding carboxylic acids is 1. The van der Waals surface area contributed by atoms with Gasteiger partial charge < -0.3 is 10.1 Å². The molecule has 0 rings (SSSR count). The molecule has 0 aromatic heterocycles. The summed E-state index contributed by atoms with van der Waals surface area (Å²) in [6.07, 6.45) is -0.782. The first-order valence-electron chi connectivity index (χ1n) is 5.85. The number of rotatable bonds is 6. The van der Waals surface area contributed by atoms with Crippen LogP contribution in [-0.4, -0.2) is 38.2 Å². The van der Waals surface area contributed by atoms with E-state index in [1.165, 1.54) is 0 Å². The van der Waals surface area contributed by atoms with Crippen LogP contribution in [0.25, 0.3) is 0 Å². The third-order valence-corrected chi connectivity index (χ3v) is 4.07. The van der Waals surface area contributed by atoms with Gasteiger partial charge in [-0.15, -0.1) is 0 Å². The molecule has 5 nitrogen and oxygen atoms in total. The zero-order valence-corrected chi connectivity index (χ0v) is 12.0. The van der Waals surface area contributed by atoms with E-state index in [1.807, 2.05) is 13.8 Å². The molecule has 0 saturated heterocycles. The minimum atomic E-state index is -3.11. The molecule has 102 valence electrons. The van der Waals surface area contributed by atoms with Crippen molar-refractivity contribution >= 4 is 15.9 Å². The van der Waals surface area contributed by atoms with Crippen LogP contribution in [0.4, 0.5) is 4.79 Å². The van der Waals surface area contributed by atoms with Crippen molar-refractivity contribution < 1.29 is 17.9 Å². The van der Waals surface area contributed by atoms with Crippen LogP contribution in [-0.2, 0) is 14.6 Å². The minimum Gasteiger partial charge on any atom is -0.447 e. The largest absolute Gasteiger partial charge is 0.447 e. The van der Waals surface area contributed by atoms with Crippen molar-refractivity contribution in [3.05, 3.63) is 0 Å². The Balaban J connectivity index is 4.51. The monoisotopic (exact) mass is 265 g/mol. The predicted octanol–water partition coefficient (Wildman–Crippen LogP) is 1.58. The number of hydrogen-bond acceptors (Lipinski definition) is 4. The molecule has 1 N–H and O–H groups in total. The Morgan fingerprint density at radius 3 is 2.12 bits per heavy atom. The standard InChI is InChI=1S/C11H23NO4S/c1-6-17(14,15)7-10(8(2)3)12-11(13)16-9(4)5/h8-10H,6-7H2,1-5H3,(H,12,13)/t10-/m1/s1. The maximum atomic E-state index is 11.5. The maximum Gasteiger partial charge on any atom is 0.407 e. The second kappa shape index (κ2) is 6.83. The molecule has 1 amide bonds. The molecule has 0 bridgehead atoms. The van der Waals surface area contributed by atoms with Gasteiger partial charge in [0.05, 0.1) is 11.9 Å². The van der Waals surface area contributed by atoms with Crippen molar-refractivity contribution in [2.45, 2.75) is 46.8 Å². The van der Waals surface area contributed by atoms with Crippen molar-refractivity contribution in [1.82, 2.24) is 5.32 Å². The predicted molar refractivity (Wildman–Crippen MR) is 67.7 cm³/mol. The van der Waals surface area contributed by atoms with Crippen LogP contribution in [0, 0.1) is 5.92 Å². The SMILES string of the molecule is CCS(=O)(=O)C[C@@H](NC(=O)OC(C)C)C(C)C. The fraction of sp³-hybridized carbons (Fsp3) is 0.909. The van der Waals surface area contributed by atoms with Gasteiger partial charge in [-0.1, -0.05) is 20.8 Å². The lowest BCUT2D eigenvalue weighted by molar-refractivity contribution is 0.111. The zero-order chi connectivity index (χ0) is 13.6.